The van der Waals surface area contributed by atoms with Crippen LogP contribution in [0.1, 0.15) is 62.3 Å². The molecule has 0 aromatic carbocycles. The summed E-state index contributed by atoms with van der Waals surface area (Å²) in [5, 5.41) is 27.0. The molecular weight excluding hydrogens is 594 g/mol. The van der Waals surface area contributed by atoms with Gasteiger partial charge in [-0.1, -0.05) is 0 Å². The molecule has 0 aliphatic heterocycles. The van der Waals surface area contributed by atoms with Gasteiger partial charge in [0.15, 0.2) is 0 Å². The topological polar surface area (TPSA) is 235 Å². The van der Waals surface area contributed by atoms with Crippen LogP contribution in [0.25, 0.3) is 0 Å². The van der Waals surface area contributed by atoms with E-state index in [4.69, 9.17) is 19.3 Å². The number of hydrogen-bond donors (Lipinski definition) is 8. The number of carbonyl (C=O) groups excluding carboxylic acids is 5. The molecule has 0 heterocycles. The minimum Gasteiger partial charge on any atom is -0.465 e. The predicted molar refractivity (Wildman–Crippen MR) is 165 cm³/mol. The van der Waals surface area contributed by atoms with Crippen molar-refractivity contribution in [2.24, 2.45) is 11.8 Å². The van der Waals surface area contributed by atoms with E-state index in [9.17, 15) is 28.8 Å². The molecule has 6 amide bonds. The zero-order valence-corrected chi connectivity index (χ0v) is 27.9. The van der Waals surface area contributed by atoms with Crippen LogP contribution < -0.4 is 37.2 Å². The fraction of sp³-hybridized carbons (Fsp3) is 0.786. The molecule has 1 atom stereocenters. The second kappa shape index (κ2) is 19.4. The summed E-state index contributed by atoms with van der Waals surface area (Å²) in [7, 11) is 0. The first kappa shape index (κ1) is 41.0. The number of hydrogen-bond acceptors (Lipinski definition) is 10. The van der Waals surface area contributed by atoms with Crippen LogP contribution >= 0.6 is 0 Å². The smallest absolute Gasteiger partial charge is 0.407 e. The van der Waals surface area contributed by atoms with E-state index in [2.05, 4.69) is 37.2 Å². The van der Waals surface area contributed by atoms with E-state index >= 15 is 0 Å². The van der Waals surface area contributed by atoms with Crippen molar-refractivity contribution in [2.75, 3.05) is 52.4 Å². The first-order chi connectivity index (χ1) is 20.6. The van der Waals surface area contributed by atoms with Crippen LogP contribution in [0.2, 0.25) is 0 Å². The largest absolute Gasteiger partial charge is 0.465 e. The summed E-state index contributed by atoms with van der Waals surface area (Å²) in [5.74, 6) is -2.61. The van der Waals surface area contributed by atoms with Crippen LogP contribution in [0.5, 0.6) is 0 Å². The Morgan fingerprint density at radius 3 is 1.04 bits per heavy atom. The van der Waals surface area contributed by atoms with Gasteiger partial charge in [0, 0.05) is 52.4 Å². The summed E-state index contributed by atoms with van der Waals surface area (Å²) in [6, 6.07) is 0. The van der Waals surface area contributed by atoms with Gasteiger partial charge in [-0.25, -0.2) is 19.2 Å². The molecular formula is C28H53N7O10. The molecule has 17 heteroatoms. The molecule has 0 aromatic rings. The number of alkyl carbamates (subject to hydrolysis) is 3. The third kappa shape index (κ3) is 24.0. The SMILES string of the molecule is CC(C)(C)OC(=O)NCC(CNC(=O)O)C(=O)NCCNCCNC(=O)C(CNC(=O)OC(C)(C)C)CNC(=O)OC(C)(C)C. The second-order valence-electron chi connectivity index (χ2n) is 13.1. The van der Waals surface area contributed by atoms with Gasteiger partial charge in [0.05, 0.1) is 11.8 Å². The van der Waals surface area contributed by atoms with Crippen molar-refractivity contribution >= 4 is 36.2 Å². The highest BCUT2D eigenvalue weighted by atomic mass is 16.6. The minimum absolute atomic E-state index is 0.101. The Kier molecular flexibility index (Phi) is 17.7. The van der Waals surface area contributed by atoms with Crippen molar-refractivity contribution in [1.82, 2.24) is 37.2 Å². The number of ether oxygens (including phenoxy) is 3. The highest BCUT2D eigenvalue weighted by Gasteiger charge is 2.25. The average molecular weight is 648 g/mol. The van der Waals surface area contributed by atoms with Gasteiger partial charge in [-0.05, 0) is 62.3 Å². The first-order valence-electron chi connectivity index (χ1n) is 14.7. The summed E-state index contributed by atoms with van der Waals surface area (Å²) in [4.78, 5) is 72.4. The minimum atomic E-state index is -1.31. The Bertz CT molecular complexity index is 956. The molecule has 0 bridgehead atoms. The van der Waals surface area contributed by atoms with E-state index in [0.29, 0.717) is 13.1 Å². The lowest BCUT2D eigenvalue weighted by Crippen LogP contribution is -2.48. The summed E-state index contributed by atoms with van der Waals surface area (Å²) in [6.45, 7) is 15.8. The quantitative estimate of drug-likeness (QED) is 0.0865. The average Bonchev–Trinajstić information content (AvgIpc) is 2.84. The standard InChI is InChI=1S/C28H53N7O10/c1-26(2,3)43-23(40)33-15-18(14-32-22(38)39)20(36)30-12-10-29-11-13-31-21(37)19(16-34-24(41)44-27(4,5)6)17-35-25(42)45-28(7,8)9/h18-19,29,32H,10-17H2,1-9H3,(H,30,36)(H,31,37)(H,33,40)(H,34,41)(H,35,42)(H,38,39). The summed E-state index contributed by atoms with van der Waals surface area (Å²) in [6.07, 6.45) is -3.45. The normalized spacial score (nSPS) is 12.3. The number of carbonyl (C=O) groups is 6. The molecule has 17 nitrogen and oxygen atoms in total. The second-order valence-corrected chi connectivity index (χ2v) is 13.1. The Morgan fingerprint density at radius 1 is 0.489 bits per heavy atom. The van der Waals surface area contributed by atoms with Gasteiger partial charge in [0.1, 0.15) is 16.8 Å². The summed E-state index contributed by atoms with van der Waals surface area (Å²) in [5.41, 5.74) is -2.19. The molecule has 260 valence electrons. The monoisotopic (exact) mass is 647 g/mol. The number of nitrogens with one attached hydrogen (secondary N) is 7. The predicted octanol–water partition coefficient (Wildman–Crippen LogP) is 0.883. The molecule has 0 fully saturated rings. The van der Waals surface area contributed by atoms with E-state index in [1.54, 1.807) is 62.3 Å². The van der Waals surface area contributed by atoms with E-state index in [-0.39, 0.29) is 39.3 Å². The highest BCUT2D eigenvalue weighted by molar-refractivity contribution is 5.81. The van der Waals surface area contributed by atoms with Crippen LogP contribution in [0, 0.1) is 11.8 Å². The van der Waals surface area contributed by atoms with Gasteiger partial charge in [-0.3, -0.25) is 9.59 Å². The van der Waals surface area contributed by atoms with Crippen LogP contribution in [-0.4, -0.2) is 110 Å². The third-order valence-corrected chi connectivity index (χ3v) is 5.12. The van der Waals surface area contributed by atoms with Gasteiger partial charge in [-0.2, -0.15) is 0 Å². The summed E-state index contributed by atoms with van der Waals surface area (Å²) < 4.78 is 15.5. The van der Waals surface area contributed by atoms with Crippen molar-refractivity contribution in [3.63, 3.8) is 0 Å². The van der Waals surface area contributed by atoms with Crippen LogP contribution in [0.4, 0.5) is 19.2 Å². The highest BCUT2D eigenvalue weighted by Crippen LogP contribution is 2.09. The lowest BCUT2D eigenvalue weighted by Gasteiger charge is -2.23. The van der Waals surface area contributed by atoms with Crippen LogP contribution in [0.15, 0.2) is 0 Å². The molecule has 0 spiro atoms. The Morgan fingerprint density at radius 2 is 0.778 bits per heavy atom. The fourth-order valence-corrected chi connectivity index (χ4v) is 3.25. The maximum atomic E-state index is 12.8. The lowest BCUT2D eigenvalue weighted by atomic mass is 10.1. The van der Waals surface area contributed by atoms with Crippen molar-refractivity contribution in [1.29, 1.82) is 0 Å². The third-order valence-electron chi connectivity index (χ3n) is 5.12. The molecule has 1 unspecified atom stereocenters. The maximum absolute atomic E-state index is 12.8. The van der Waals surface area contributed by atoms with Crippen molar-refractivity contribution in [3.05, 3.63) is 0 Å². The first-order valence-corrected chi connectivity index (χ1v) is 14.7. The molecule has 45 heavy (non-hydrogen) atoms. The molecule has 0 aromatic heterocycles. The van der Waals surface area contributed by atoms with Gasteiger partial charge >= 0.3 is 24.4 Å². The lowest BCUT2D eigenvalue weighted by molar-refractivity contribution is -0.125. The maximum Gasteiger partial charge on any atom is 0.407 e. The van der Waals surface area contributed by atoms with Gasteiger partial charge in [-0.15, -0.1) is 0 Å². The van der Waals surface area contributed by atoms with Crippen molar-refractivity contribution in [3.8, 4) is 0 Å². The van der Waals surface area contributed by atoms with Crippen LogP contribution in [0.3, 0.4) is 0 Å². The van der Waals surface area contributed by atoms with Gasteiger partial charge in [0.2, 0.25) is 11.8 Å². The number of amides is 6. The molecule has 0 saturated carbocycles. The van der Waals surface area contributed by atoms with Crippen molar-refractivity contribution in [2.45, 2.75) is 79.1 Å². The molecule has 0 saturated heterocycles. The van der Waals surface area contributed by atoms with E-state index < -0.39 is 64.8 Å². The molecule has 0 aliphatic rings. The Balaban J connectivity index is 4.74. The zero-order chi connectivity index (χ0) is 34.8. The van der Waals surface area contributed by atoms with Gasteiger partial charge in [0.25, 0.3) is 0 Å². The fourth-order valence-electron chi connectivity index (χ4n) is 3.25. The van der Waals surface area contributed by atoms with Crippen LogP contribution in [-0.2, 0) is 23.8 Å². The van der Waals surface area contributed by atoms with E-state index in [1.165, 1.54) is 0 Å². The Hall–Kier alpha value is -4.02. The van der Waals surface area contributed by atoms with Gasteiger partial charge < -0.3 is 56.5 Å². The number of rotatable bonds is 16. The number of carboxylic acid groups (broad SMARTS) is 1. The summed E-state index contributed by atoms with van der Waals surface area (Å²) >= 11 is 0. The van der Waals surface area contributed by atoms with E-state index in [0.717, 1.165) is 0 Å². The molecule has 0 rings (SSSR count). The molecule has 0 aliphatic carbocycles. The Labute approximate surface area is 265 Å². The molecule has 8 N–H and O–H groups in total. The zero-order valence-electron chi connectivity index (χ0n) is 27.9. The van der Waals surface area contributed by atoms with E-state index in [1.807, 2.05) is 0 Å². The van der Waals surface area contributed by atoms with Crippen molar-refractivity contribution < 1.29 is 48.1 Å². The molecule has 0 radical (unpaired) electrons.